The SMILES string of the molecule is CC(C)(NCCCn1ccnc1)c1ccc(-c2ccc(OCc3ccccc3)cc2)cc1. The molecule has 0 bridgehead atoms. The van der Waals surface area contributed by atoms with Gasteiger partial charge in [0.05, 0.1) is 6.33 Å². The molecule has 0 unspecified atom stereocenters. The first-order valence-corrected chi connectivity index (χ1v) is 11.2. The molecule has 0 aliphatic carbocycles. The Morgan fingerprint density at radius 1 is 0.875 bits per heavy atom. The van der Waals surface area contributed by atoms with Crippen LogP contribution in [0.15, 0.2) is 97.6 Å². The highest BCUT2D eigenvalue weighted by atomic mass is 16.5. The van der Waals surface area contributed by atoms with Crippen LogP contribution in [-0.2, 0) is 18.7 Å². The molecular formula is C28H31N3O. The fourth-order valence-corrected chi connectivity index (χ4v) is 3.75. The molecule has 1 N–H and O–H groups in total. The fraction of sp³-hybridized carbons (Fsp3) is 0.250. The molecule has 0 saturated carbocycles. The molecule has 0 spiro atoms. The van der Waals surface area contributed by atoms with Crippen LogP contribution in [0.5, 0.6) is 5.75 Å². The normalized spacial score (nSPS) is 11.4. The Morgan fingerprint density at radius 2 is 1.56 bits per heavy atom. The number of hydrogen-bond donors (Lipinski definition) is 1. The van der Waals surface area contributed by atoms with E-state index in [0.717, 1.165) is 25.3 Å². The van der Waals surface area contributed by atoms with Gasteiger partial charge in [-0.3, -0.25) is 0 Å². The Morgan fingerprint density at radius 3 is 2.22 bits per heavy atom. The molecule has 1 aromatic heterocycles. The van der Waals surface area contributed by atoms with Crippen LogP contribution in [0.2, 0.25) is 0 Å². The van der Waals surface area contributed by atoms with Crippen molar-refractivity contribution in [3.8, 4) is 16.9 Å². The van der Waals surface area contributed by atoms with E-state index in [1.807, 2.05) is 49.1 Å². The van der Waals surface area contributed by atoms with Gasteiger partial charge in [-0.2, -0.15) is 0 Å². The first kappa shape index (κ1) is 21.8. The third-order valence-electron chi connectivity index (χ3n) is 5.76. The third kappa shape index (κ3) is 5.86. The van der Waals surface area contributed by atoms with E-state index in [1.54, 1.807) is 0 Å². The predicted octanol–water partition coefficient (Wildman–Crippen LogP) is 6.04. The number of ether oxygens (including phenoxy) is 1. The van der Waals surface area contributed by atoms with Crippen LogP contribution in [0.25, 0.3) is 11.1 Å². The van der Waals surface area contributed by atoms with E-state index in [0.29, 0.717) is 6.61 Å². The van der Waals surface area contributed by atoms with Gasteiger partial charge >= 0.3 is 0 Å². The van der Waals surface area contributed by atoms with Gasteiger partial charge in [-0.1, -0.05) is 66.7 Å². The summed E-state index contributed by atoms with van der Waals surface area (Å²) in [7, 11) is 0. The molecule has 1 heterocycles. The van der Waals surface area contributed by atoms with Gasteiger partial charge in [0.25, 0.3) is 0 Å². The second kappa shape index (κ2) is 10.3. The molecule has 0 aliphatic heterocycles. The van der Waals surface area contributed by atoms with Gasteiger partial charge in [-0.05, 0) is 61.2 Å². The summed E-state index contributed by atoms with van der Waals surface area (Å²) in [4.78, 5) is 4.09. The lowest BCUT2D eigenvalue weighted by atomic mass is 9.92. The molecule has 4 aromatic rings. The van der Waals surface area contributed by atoms with E-state index >= 15 is 0 Å². The van der Waals surface area contributed by atoms with Gasteiger partial charge in [-0.25, -0.2) is 4.98 Å². The Bertz CT molecular complexity index is 1070. The van der Waals surface area contributed by atoms with Gasteiger partial charge in [0.1, 0.15) is 12.4 Å². The number of nitrogens with zero attached hydrogens (tertiary/aromatic N) is 2. The fourth-order valence-electron chi connectivity index (χ4n) is 3.75. The van der Waals surface area contributed by atoms with E-state index < -0.39 is 0 Å². The van der Waals surface area contributed by atoms with E-state index in [1.165, 1.54) is 22.3 Å². The number of nitrogens with one attached hydrogen (secondary N) is 1. The summed E-state index contributed by atoms with van der Waals surface area (Å²) >= 11 is 0. The molecular weight excluding hydrogens is 394 g/mol. The van der Waals surface area contributed by atoms with Crippen molar-refractivity contribution in [2.75, 3.05) is 6.54 Å². The number of hydrogen-bond acceptors (Lipinski definition) is 3. The van der Waals surface area contributed by atoms with Crippen molar-refractivity contribution in [3.63, 3.8) is 0 Å². The van der Waals surface area contributed by atoms with E-state index in [-0.39, 0.29) is 5.54 Å². The Labute approximate surface area is 190 Å². The molecule has 4 nitrogen and oxygen atoms in total. The Hall–Kier alpha value is -3.37. The quantitative estimate of drug-likeness (QED) is 0.315. The molecule has 0 aliphatic rings. The summed E-state index contributed by atoms with van der Waals surface area (Å²) in [5, 5.41) is 3.68. The minimum absolute atomic E-state index is 0.0808. The lowest BCUT2D eigenvalue weighted by Crippen LogP contribution is -2.37. The molecule has 0 saturated heterocycles. The summed E-state index contributed by atoms with van der Waals surface area (Å²) in [5.41, 5.74) is 4.77. The highest BCUT2D eigenvalue weighted by Crippen LogP contribution is 2.26. The molecule has 4 rings (SSSR count). The van der Waals surface area contributed by atoms with Crippen LogP contribution >= 0.6 is 0 Å². The molecule has 32 heavy (non-hydrogen) atoms. The van der Waals surface area contributed by atoms with Gasteiger partial charge < -0.3 is 14.6 Å². The van der Waals surface area contributed by atoms with Crippen LogP contribution in [0.4, 0.5) is 0 Å². The second-order valence-electron chi connectivity index (χ2n) is 8.58. The number of aryl methyl sites for hydroxylation is 1. The van der Waals surface area contributed by atoms with Crippen LogP contribution < -0.4 is 10.1 Å². The zero-order valence-electron chi connectivity index (χ0n) is 18.9. The highest BCUT2D eigenvalue weighted by Gasteiger charge is 2.19. The van der Waals surface area contributed by atoms with Crippen molar-refractivity contribution in [2.24, 2.45) is 0 Å². The second-order valence-corrected chi connectivity index (χ2v) is 8.58. The molecule has 0 atom stereocenters. The van der Waals surface area contributed by atoms with Crippen LogP contribution in [0.1, 0.15) is 31.4 Å². The highest BCUT2D eigenvalue weighted by molar-refractivity contribution is 5.64. The standard InChI is InChI=1S/C28H31N3O/c1-28(2,30-17-6-19-31-20-18-29-22-31)26-13-9-24(10-14-26)25-11-15-27(16-12-25)32-21-23-7-4-3-5-8-23/h3-5,7-16,18,20,22,30H,6,17,19,21H2,1-2H3. The van der Waals surface area contributed by atoms with Crippen LogP contribution in [0.3, 0.4) is 0 Å². The number of aromatic nitrogens is 2. The van der Waals surface area contributed by atoms with Gasteiger partial charge in [0, 0.05) is 24.5 Å². The Balaban J connectivity index is 1.31. The number of imidazole rings is 1. The van der Waals surface area contributed by atoms with Crippen molar-refractivity contribution in [2.45, 2.75) is 39.0 Å². The average molecular weight is 426 g/mol. The van der Waals surface area contributed by atoms with Crippen LogP contribution in [-0.4, -0.2) is 16.1 Å². The van der Waals surface area contributed by atoms with Gasteiger partial charge in [0.2, 0.25) is 0 Å². The smallest absolute Gasteiger partial charge is 0.119 e. The molecule has 0 fully saturated rings. The molecule has 3 aromatic carbocycles. The molecule has 0 amide bonds. The number of benzene rings is 3. The van der Waals surface area contributed by atoms with Crippen molar-refractivity contribution < 1.29 is 4.74 Å². The number of rotatable bonds is 10. The maximum Gasteiger partial charge on any atom is 0.119 e. The summed E-state index contributed by atoms with van der Waals surface area (Å²) in [5.74, 6) is 0.884. The summed E-state index contributed by atoms with van der Waals surface area (Å²) in [6.07, 6.45) is 6.76. The van der Waals surface area contributed by atoms with Crippen LogP contribution in [0, 0.1) is 0 Å². The Kier molecular flexibility index (Phi) is 7.03. The monoisotopic (exact) mass is 425 g/mol. The summed E-state index contributed by atoms with van der Waals surface area (Å²) in [6, 6.07) is 27.4. The molecule has 4 heteroatoms. The van der Waals surface area contributed by atoms with Crippen molar-refractivity contribution >= 4 is 0 Å². The topological polar surface area (TPSA) is 39.1 Å². The first-order chi connectivity index (χ1) is 15.6. The zero-order valence-corrected chi connectivity index (χ0v) is 18.9. The van der Waals surface area contributed by atoms with Crippen molar-refractivity contribution in [3.05, 3.63) is 109 Å². The molecule has 0 radical (unpaired) electrons. The third-order valence-corrected chi connectivity index (χ3v) is 5.76. The zero-order chi connectivity index (χ0) is 22.2. The lowest BCUT2D eigenvalue weighted by molar-refractivity contribution is 0.306. The maximum atomic E-state index is 5.90. The summed E-state index contributed by atoms with van der Waals surface area (Å²) in [6.45, 7) is 6.99. The predicted molar refractivity (Wildman–Crippen MR) is 131 cm³/mol. The van der Waals surface area contributed by atoms with Crippen molar-refractivity contribution in [1.82, 2.24) is 14.9 Å². The van der Waals surface area contributed by atoms with E-state index in [2.05, 4.69) is 77.2 Å². The van der Waals surface area contributed by atoms with Gasteiger partial charge in [-0.15, -0.1) is 0 Å². The largest absolute Gasteiger partial charge is 0.489 e. The average Bonchev–Trinajstić information content (AvgIpc) is 3.35. The van der Waals surface area contributed by atoms with Crippen molar-refractivity contribution in [1.29, 1.82) is 0 Å². The minimum Gasteiger partial charge on any atom is -0.489 e. The molecule has 164 valence electrons. The van der Waals surface area contributed by atoms with E-state index in [9.17, 15) is 0 Å². The lowest BCUT2D eigenvalue weighted by Gasteiger charge is -2.27. The first-order valence-electron chi connectivity index (χ1n) is 11.2. The van der Waals surface area contributed by atoms with Gasteiger partial charge in [0.15, 0.2) is 0 Å². The van der Waals surface area contributed by atoms with E-state index in [4.69, 9.17) is 4.74 Å². The maximum absolute atomic E-state index is 5.90. The summed E-state index contributed by atoms with van der Waals surface area (Å²) < 4.78 is 8.02. The minimum atomic E-state index is -0.0808.